The van der Waals surface area contributed by atoms with Crippen LogP contribution in [0.5, 0.6) is 0 Å². The summed E-state index contributed by atoms with van der Waals surface area (Å²) >= 11 is 0. The number of ether oxygens (including phenoxy) is 1. The lowest BCUT2D eigenvalue weighted by molar-refractivity contribution is 0.192. The summed E-state index contributed by atoms with van der Waals surface area (Å²) in [6.07, 6.45) is 3.24. The Morgan fingerprint density at radius 1 is 1.22 bits per heavy atom. The number of methoxy groups -OCH3 is 1. The highest BCUT2D eigenvalue weighted by Gasteiger charge is 1.94. The fourth-order valence-corrected chi connectivity index (χ4v) is 1.56. The van der Waals surface area contributed by atoms with Crippen LogP contribution < -0.4 is 11.1 Å². The van der Waals surface area contributed by atoms with E-state index in [0.29, 0.717) is 5.96 Å². The summed E-state index contributed by atoms with van der Waals surface area (Å²) in [5.41, 5.74) is 8.00. The van der Waals surface area contributed by atoms with Crippen LogP contribution in [0.25, 0.3) is 0 Å². The zero-order chi connectivity index (χ0) is 13.2. The van der Waals surface area contributed by atoms with Gasteiger partial charge < -0.3 is 15.8 Å². The van der Waals surface area contributed by atoms with Crippen LogP contribution >= 0.6 is 0 Å². The number of nitrogens with two attached hydrogens (primary N) is 1. The lowest BCUT2D eigenvalue weighted by atomic mass is 10.2. The Morgan fingerprint density at radius 3 is 2.61 bits per heavy atom. The lowest BCUT2D eigenvalue weighted by Crippen LogP contribution is -2.22. The second kappa shape index (κ2) is 8.53. The molecule has 0 spiro atoms. The number of nitrogens with zero attached hydrogens (tertiary/aromatic N) is 1. The van der Waals surface area contributed by atoms with Crippen LogP contribution in [0.4, 0.5) is 5.69 Å². The standard InChI is InChI=1S/C14H23N3O/c1-12-6-8-13(9-7-12)17-14(15)16-10-4-3-5-11-18-2/h6-9H,3-5,10-11H2,1-2H3,(H3,15,16,17). The van der Waals surface area contributed by atoms with Crippen molar-refractivity contribution >= 4 is 11.6 Å². The molecule has 18 heavy (non-hydrogen) atoms. The monoisotopic (exact) mass is 249 g/mol. The molecule has 1 aromatic rings. The van der Waals surface area contributed by atoms with Crippen LogP contribution in [0.2, 0.25) is 0 Å². The minimum absolute atomic E-state index is 0.477. The van der Waals surface area contributed by atoms with E-state index in [1.54, 1.807) is 7.11 Å². The smallest absolute Gasteiger partial charge is 0.193 e. The Hall–Kier alpha value is -1.55. The maximum atomic E-state index is 5.80. The van der Waals surface area contributed by atoms with Gasteiger partial charge in [-0.3, -0.25) is 4.99 Å². The number of aliphatic imine (C=N–C) groups is 1. The van der Waals surface area contributed by atoms with E-state index in [1.165, 1.54) is 5.56 Å². The first-order valence-corrected chi connectivity index (χ1v) is 6.35. The number of aryl methyl sites for hydroxylation is 1. The summed E-state index contributed by atoms with van der Waals surface area (Å²) in [5.74, 6) is 0.477. The quantitative estimate of drug-likeness (QED) is 0.443. The van der Waals surface area contributed by atoms with E-state index in [0.717, 1.165) is 38.1 Å². The molecule has 0 aliphatic rings. The first kappa shape index (κ1) is 14.5. The van der Waals surface area contributed by atoms with Gasteiger partial charge >= 0.3 is 0 Å². The van der Waals surface area contributed by atoms with Crippen molar-refractivity contribution in [2.24, 2.45) is 10.7 Å². The predicted octanol–water partition coefficient (Wildman–Crippen LogP) is 2.54. The van der Waals surface area contributed by atoms with E-state index in [9.17, 15) is 0 Å². The third-order valence-electron chi connectivity index (χ3n) is 2.61. The van der Waals surface area contributed by atoms with Crippen molar-refractivity contribution < 1.29 is 4.74 Å². The molecule has 0 saturated heterocycles. The average molecular weight is 249 g/mol. The molecular weight excluding hydrogens is 226 g/mol. The molecule has 3 N–H and O–H groups in total. The topological polar surface area (TPSA) is 59.6 Å². The van der Waals surface area contributed by atoms with Gasteiger partial charge in [0.2, 0.25) is 0 Å². The number of nitrogens with one attached hydrogen (secondary N) is 1. The Bertz CT molecular complexity index is 360. The maximum absolute atomic E-state index is 5.80. The number of hydrogen-bond donors (Lipinski definition) is 2. The summed E-state index contributed by atoms with van der Waals surface area (Å²) in [6.45, 7) is 3.64. The Balaban J connectivity index is 2.23. The van der Waals surface area contributed by atoms with Crippen molar-refractivity contribution in [3.8, 4) is 0 Å². The third-order valence-corrected chi connectivity index (χ3v) is 2.61. The molecule has 1 rings (SSSR count). The van der Waals surface area contributed by atoms with E-state index in [1.807, 2.05) is 24.3 Å². The summed E-state index contributed by atoms with van der Waals surface area (Å²) in [5, 5.41) is 3.07. The largest absolute Gasteiger partial charge is 0.385 e. The van der Waals surface area contributed by atoms with E-state index >= 15 is 0 Å². The van der Waals surface area contributed by atoms with Gasteiger partial charge in [0.05, 0.1) is 0 Å². The predicted molar refractivity (Wildman–Crippen MR) is 77.0 cm³/mol. The zero-order valence-electron chi connectivity index (χ0n) is 11.3. The van der Waals surface area contributed by atoms with Crippen molar-refractivity contribution in [2.75, 3.05) is 25.6 Å². The van der Waals surface area contributed by atoms with Crippen LogP contribution in [0.3, 0.4) is 0 Å². The Morgan fingerprint density at radius 2 is 1.94 bits per heavy atom. The molecule has 0 fully saturated rings. The van der Waals surface area contributed by atoms with Gasteiger partial charge in [0.1, 0.15) is 0 Å². The fraction of sp³-hybridized carbons (Fsp3) is 0.500. The second-order valence-electron chi connectivity index (χ2n) is 4.31. The number of rotatable bonds is 7. The molecule has 0 saturated carbocycles. The van der Waals surface area contributed by atoms with Gasteiger partial charge in [0.25, 0.3) is 0 Å². The molecule has 4 heteroatoms. The first-order valence-electron chi connectivity index (χ1n) is 6.35. The van der Waals surface area contributed by atoms with E-state index in [4.69, 9.17) is 10.5 Å². The summed E-state index contributed by atoms with van der Waals surface area (Å²) in [7, 11) is 1.72. The van der Waals surface area contributed by atoms with Crippen molar-refractivity contribution in [1.29, 1.82) is 0 Å². The molecule has 100 valence electrons. The zero-order valence-corrected chi connectivity index (χ0v) is 11.3. The number of unbranched alkanes of at least 4 members (excludes halogenated alkanes) is 2. The molecule has 0 aliphatic carbocycles. The summed E-state index contributed by atoms with van der Waals surface area (Å²) in [4.78, 5) is 4.28. The third kappa shape index (κ3) is 6.25. The highest BCUT2D eigenvalue weighted by Crippen LogP contribution is 2.07. The highest BCUT2D eigenvalue weighted by molar-refractivity contribution is 5.92. The molecule has 0 atom stereocenters. The van der Waals surface area contributed by atoms with Crippen LogP contribution in [-0.2, 0) is 4.74 Å². The normalized spacial score (nSPS) is 11.6. The lowest BCUT2D eigenvalue weighted by Gasteiger charge is -2.05. The molecule has 0 aliphatic heterocycles. The van der Waals surface area contributed by atoms with Crippen LogP contribution in [0.15, 0.2) is 29.3 Å². The van der Waals surface area contributed by atoms with Gasteiger partial charge in [0.15, 0.2) is 5.96 Å². The van der Waals surface area contributed by atoms with Gasteiger partial charge in [-0.15, -0.1) is 0 Å². The van der Waals surface area contributed by atoms with Crippen LogP contribution in [-0.4, -0.2) is 26.2 Å². The molecular formula is C14H23N3O. The number of guanidine groups is 1. The SMILES string of the molecule is COCCCCCN=C(N)Nc1ccc(C)cc1. The van der Waals surface area contributed by atoms with Crippen molar-refractivity contribution in [3.63, 3.8) is 0 Å². The molecule has 1 aromatic carbocycles. The Kier molecular flexibility index (Phi) is 6.87. The minimum Gasteiger partial charge on any atom is -0.385 e. The highest BCUT2D eigenvalue weighted by atomic mass is 16.5. The summed E-state index contributed by atoms with van der Waals surface area (Å²) in [6, 6.07) is 8.08. The molecule has 0 radical (unpaired) electrons. The Labute approximate surface area is 109 Å². The number of hydrogen-bond acceptors (Lipinski definition) is 2. The van der Waals surface area contributed by atoms with Crippen molar-refractivity contribution in [1.82, 2.24) is 0 Å². The second-order valence-corrected chi connectivity index (χ2v) is 4.31. The van der Waals surface area contributed by atoms with Gasteiger partial charge in [-0.25, -0.2) is 0 Å². The molecule has 4 nitrogen and oxygen atoms in total. The van der Waals surface area contributed by atoms with Gasteiger partial charge in [-0.1, -0.05) is 17.7 Å². The van der Waals surface area contributed by atoms with Crippen LogP contribution in [0, 0.1) is 6.92 Å². The van der Waals surface area contributed by atoms with Crippen LogP contribution in [0.1, 0.15) is 24.8 Å². The molecule has 0 aromatic heterocycles. The van der Waals surface area contributed by atoms with E-state index in [2.05, 4.69) is 17.2 Å². The van der Waals surface area contributed by atoms with Crippen molar-refractivity contribution in [3.05, 3.63) is 29.8 Å². The molecule has 0 unspecified atom stereocenters. The first-order chi connectivity index (χ1) is 8.72. The molecule has 0 amide bonds. The summed E-state index contributed by atoms with van der Waals surface area (Å²) < 4.78 is 4.99. The minimum atomic E-state index is 0.477. The van der Waals surface area contributed by atoms with Gasteiger partial charge in [-0.2, -0.15) is 0 Å². The maximum Gasteiger partial charge on any atom is 0.193 e. The number of anilines is 1. The van der Waals surface area contributed by atoms with Gasteiger partial charge in [0, 0.05) is 25.9 Å². The number of benzene rings is 1. The van der Waals surface area contributed by atoms with E-state index < -0.39 is 0 Å². The molecule has 0 heterocycles. The average Bonchev–Trinajstić information content (AvgIpc) is 2.36. The molecule has 0 bridgehead atoms. The fourth-order valence-electron chi connectivity index (χ4n) is 1.56. The van der Waals surface area contributed by atoms with Crippen molar-refractivity contribution in [2.45, 2.75) is 26.2 Å². The van der Waals surface area contributed by atoms with Gasteiger partial charge in [-0.05, 0) is 38.3 Å². The van der Waals surface area contributed by atoms with E-state index in [-0.39, 0.29) is 0 Å².